The summed E-state index contributed by atoms with van der Waals surface area (Å²) in [7, 11) is 0.887. The lowest BCUT2D eigenvalue weighted by Crippen LogP contribution is -2.36. The van der Waals surface area contributed by atoms with Crippen LogP contribution in [-0.2, 0) is 4.57 Å². The van der Waals surface area contributed by atoms with Crippen molar-refractivity contribution >= 4 is 17.9 Å². The van der Waals surface area contributed by atoms with E-state index in [-0.39, 0.29) is 0 Å². The predicted molar refractivity (Wildman–Crippen MR) is 76.6 cm³/mol. The SMILES string of the molecule is CN(C)NP(=O)(c1ccccc1)c1ccccc1. The van der Waals surface area contributed by atoms with Gasteiger partial charge in [0.2, 0.25) is 7.29 Å². The Kier molecular flexibility index (Phi) is 3.97. The normalized spacial score (nSPS) is 11.7. The maximum absolute atomic E-state index is 13.3. The lowest BCUT2D eigenvalue weighted by molar-refractivity contribution is 0.368. The Hall–Kier alpha value is -1.41. The first-order valence-electron chi connectivity index (χ1n) is 5.79. The van der Waals surface area contributed by atoms with Crippen LogP contribution in [0.2, 0.25) is 0 Å². The van der Waals surface area contributed by atoms with Crippen LogP contribution in [0.4, 0.5) is 0 Å². The Morgan fingerprint density at radius 3 is 1.56 bits per heavy atom. The summed E-state index contributed by atoms with van der Waals surface area (Å²) in [5, 5.41) is 6.43. The van der Waals surface area contributed by atoms with Crippen LogP contribution >= 0.6 is 7.29 Å². The Labute approximate surface area is 108 Å². The fourth-order valence-electron chi connectivity index (χ4n) is 1.82. The number of nitrogens with zero attached hydrogens (tertiary/aromatic N) is 1. The van der Waals surface area contributed by atoms with E-state index in [1.54, 1.807) is 5.01 Å². The molecule has 0 fully saturated rings. The molecule has 1 N–H and O–H groups in total. The lowest BCUT2D eigenvalue weighted by atomic mass is 10.4. The molecule has 2 aromatic rings. The zero-order chi connectivity index (χ0) is 13.0. The van der Waals surface area contributed by atoms with Crippen molar-refractivity contribution in [3.8, 4) is 0 Å². The number of hydrogen-bond acceptors (Lipinski definition) is 2. The minimum absolute atomic E-state index is 0.810. The number of hydrazine groups is 1. The van der Waals surface area contributed by atoms with E-state index in [0.29, 0.717) is 0 Å². The summed E-state index contributed by atoms with van der Waals surface area (Å²) in [5.41, 5.74) is 0. The molecule has 0 saturated carbocycles. The summed E-state index contributed by atoms with van der Waals surface area (Å²) >= 11 is 0. The Morgan fingerprint density at radius 1 is 0.833 bits per heavy atom. The van der Waals surface area contributed by atoms with E-state index < -0.39 is 7.29 Å². The molecule has 0 atom stereocenters. The third-order valence-corrected chi connectivity index (χ3v) is 5.31. The van der Waals surface area contributed by atoms with Gasteiger partial charge < -0.3 is 0 Å². The van der Waals surface area contributed by atoms with Gasteiger partial charge in [-0.05, 0) is 24.3 Å². The smallest absolute Gasteiger partial charge is 0.217 e. The summed E-state index contributed by atoms with van der Waals surface area (Å²) in [6, 6.07) is 19.0. The topological polar surface area (TPSA) is 32.3 Å². The molecule has 2 aromatic carbocycles. The van der Waals surface area contributed by atoms with Gasteiger partial charge in [0, 0.05) is 24.7 Å². The monoisotopic (exact) mass is 260 g/mol. The van der Waals surface area contributed by atoms with Crippen LogP contribution in [-0.4, -0.2) is 19.1 Å². The number of hydrogen-bond donors (Lipinski definition) is 1. The molecule has 3 nitrogen and oxygen atoms in total. The largest absolute Gasteiger partial charge is 0.295 e. The minimum Gasteiger partial charge on any atom is -0.295 e. The van der Waals surface area contributed by atoms with Crippen molar-refractivity contribution in [2.75, 3.05) is 14.1 Å². The maximum Gasteiger partial charge on any atom is 0.217 e. The quantitative estimate of drug-likeness (QED) is 0.674. The van der Waals surface area contributed by atoms with Crippen molar-refractivity contribution < 1.29 is 4.57 Å². The molecule has 0 saturated heterocycles. The maximum atomic E-state index is 13.3. The van der Waals surface area contributed by atoms with Crippen LogP contribution in [0.15, 0.2) is 60.7 Å². The first kappa shape index (κ1) is 13.0. The Bertz CT molecular complexity index is 497. The Morgan fingerprint density at radius 2 is 1.22 bits per heavy atom. The minimum atomic E-state index is -2.80. The number of nitrogens with one attached hydrogen (secondary N) is 1. The summed E-state index contributed by atoms with van der Waals surface area (Å²) in [6.07, 6.45) is 0. The van der Waals surface area contributed by atoms with E-state index in [4.69, 9.17) is 0 Å². The summed E-state index contributed by atoms with van der Waals surface area (Å²) in [4.78, 5) is 0. The fraction of sp³-hybridized carbons (Fsp3) is 0.143. The highest BCUT2D eigenvalue weighted by atomic mass is 31.2. The molecule has 0 bridgehead atoms. The average Bonchev–Trinajstić information content (AvgIpc) is 2.40. The van der Waals surface area contributed by atoms with Gasteiger partial charge in [-0.1, -0.05) is 36.4 Å². The van der Waals surface area contributed by atoms with E-state index >= 15 is 0 Å². The summed E-state index contributed by atoms with van der Waals surface area (Å²) in [6.45, 7) is 0. The zero-order valence-electron chi connectivity index (χ0n) is 10.6. The molecule has 0 spiro atoms. The molecule has 0 unspecified atom stereocenters. The molecule has 0 aliphatic heterocycles. The Balaban J connectivity index is 2.52. The highest BCUT2D eigenvalue weighted by molar-refractivity contribution is 7.76. The molecular weight excluding hydrogens is 243 g/mol. The van der Waals surface area contributed by atoms with Crippen LogP contribution < -0.4 is 15.8 Å². The lowest BCUT2D eigenvalue weighted by Gasteiger charge is -2.24. The van der Waals surface area contributed by atoms with Gasteiger partial charge in [-0.25, -0.2) is 5.01 Å². The summed E-state index contributed by atoms with van der Waals surface area (Å²) < 4.78 is 13.3. The van der Waals surface area contributed by atoms with Gasteiger partial charge in [-0.15, -0.1) is 0 Å². The highest BCUT2D eigenvalue weighted by Crippen LogP contribution is 2.38. The first-order valence-corrected chi connectivity index (χ1v) is 7.50. The van der Waals surface area contributed by atoms with Crippen molar-refractivity contribution in [2.45, 2.75) is 0 Å². The molecule has 0 aromatic heterocycles. The van der Waals surface area contributed by atoms with Crippen LogP contribution in [0.3, 0.4) is 0 Å². The molecule has 0 radical (unpaired) electrons. The van der Waals surface area contributed by atoms with Crippen molar-refractivity contribution in [1.29, 1.82) is 0 Å². The van der Waals surface area contributed by atoms with Gasteiger partial charge >= 0.3 is 0 Å². The van der Waals surface area contributed by atoms with Gasteiger partial charge in [0.05, 0.1) is 0 Å². The molecule has 4 heteroatoms. The molecule has 18 heavy (non-hydrogen) atoms. The van der Waals surface area contributed by atoms with E-state index in [1.165, 1.54) is 0 Å². The van der Waals surface area contributed by atoms with E-state index in [9.17, 15) is 4.57 Å². The fourth-order valence-corrected chi connectivity index (χ4v) is 4.10. The molecular formula is C14H17N2OP. The molecule has 94 valence electrons. The van der Waals surface area contributed by atoms with Crippen LogP contribution in [0, 0.1) is 0 Å². The van der Waals surface area contributed by atoms with Crippen molar-refractivity contribution in [3.05, 3.63) is 60.7 Å². The standard InChI is InChI=1S/C14H17N2OP/c1-16(2)15-18(17,13-9-5-3-6-10-13)14-11-7-4-8-12-14/h3-12H,1-2H3,(H,15,17). The van der Waals surface area contributed by atoms with Crippen LogP contribution in [0.5, 0.6) is 0 Å². The second-order valence-corrected chi connectivity index (χ2v) is 6.73. The third-order valence-electron chi connectivity index (χ3n) is 2.58. The second-order valence-electron chi connectivity index (χ2n) is 4.27. The molecule has 0 aliphatic rings. The molecule has 0 amide bonds. The van der Waals surface area contributed by atoms with Gasteiger partial charge in [0.15, 0.2) is 0 Å². The van der Waals surface area contributed by atoms with Crippen LogP contribution in [0.25, 0.3) is 0 Å². The first-order chi connectivity index (χ1) is 8.63. The molecule has 0 aliphatic carbocycles. The average molecular weight is 260 g/mol. The van der Waals surface area contributed by atoms with Gasteiger partial charge in [0.1, 0.15) is 0 Å². The van der Waals surface area contributed by atoms with Crippen molar-refractivity contribution in [1.82, 2.24) is 10.2 Å². The zero-order valence-corrected chi connectivity index (χ0v) is 11.5. The van der Waals surface area contributed by atoms with Gasteiger partial charge in [-0.2, -0.15) is 5.20 Å². The van der Waals surface area contributed by atoms with Crippen molar-refractivity contribution in [3.63, 3.8) is 0 Å². The molecule has 2 rings (SSSR count). The number of benzene rings is 2. The number of rotatable bonds is 4. The predicted octanol–water partition coefficient (Wildman–Crippen LogP) is 1.98. The van der Waals surface area contributed by atoms with Crippen LogP contribution in [0.1, 0.15) is 0 Å². The molecule has 0 heterocycles. The third kappa shape index (κ3) is 2.70. The second kappa shape index (κ2) is 5.49. The van der Waals surface area contributed by atoms with Gasteiger partial charge in [0.25, 0.3) is 0 Å². The highest BCUT2D eigenvalue weighted by Gasteiger charge is 2.27. The van der Waals surface area contributed by atoms with Gasteiger partial charge in [-0.3, -0.25) is 4.57 Å². The van der Waals surface area contributed by atoms with E-state index in [1.807, 2.05) is 74.8 Å². The summed E-state index contributed by atoms with van der Waals surface area (Å²) in [5.74, 6) is 0. The van der Waals surface area contributed by atoms with E-state index in [2.05, 4.69) is 5.20 Å². The van der Waals surface area contributed by atoms with E-state index in [0.717, 1.165) is 10.6 Å². The van der Waals surface area contributed by atoms with Crippen molar-refractivity contribution in [2.24, 2.45) is 0 Å².